The molecule has 0 aliphatic carbocycles. The molecule has 2 aromatic rings. The number of halogens is 2. The van der Waals surface area contributed by atoms with E-state index in [9.17, 15) is 9.90 Å². The van der Waals surface area contributed by atoms with Crippen molar-refractivity contribution in [3.63, 3.8) is 0 Å². The zero-order valence-corrected chi connectivity index (χ0v) is 14.0. The molecule has 122 valence electrons. The van der Waals surface area contributed by atoms with Gasteiger partial charge in [0.1, 0.15) is 6.10 Å². The smallest absolute Gasteiger partial charge is 0.196 e. The van der Waals surface area contributed by atoms with E-state index in [1.807, 2.05) is 12.1 Å². The maximum absolute atomic E-state index is 12.7. The van der Waals surface area contributed by atoms with Crippen molar-refractivity contribution in [3.05, 3.63) is 71.3 Å². The SMILES string of the molecule is O=C(c1ccccc1C(CCl)OCCCl)C(O)c1ccccc1. The van der Waals surface area contributed by atoms with E-state index in [1.54, 1.807) is 42.5 Å². The third-order valence-electron chi connectivity index (χ3n) is 3.47. The zero-order valence-electron chi connectivity index (χ0n) is 12.5. The lowest BCUT2D eigenvalue weighted by Gasteiger charge is -2.19. The van der Waals surface area contributed by atoms with Gasteiger partial charge in [-0.05, 0) is 11.1 Å². The Labute approximate surface area is 145 Å². The number of carbonyl (C=O) groups excluding carboxylic acids is 1. The lowest BCUT2D eigenvalue weighted by Crippen LogP contribution is -2.18. The van der Waals surface area contributed by atoms with Crippen LogP contribution in [0.1, 0.15) is 33.7 Å². The molecule has 0 aliphatic heterocycles. The number of aliphatic hydroxyl groups is 1. The molecule has 2 unspecified atom stereocenters. The molecule has 5 heteroatoms. The van der Waals surface area contributed by atoms with Crippen molar-refractivity contribution in [2.24, 2.45) is 0 Å². The number of ketones is 1. The first-order valence-electron chi connectivity index (χ1n) is 7.28. The Morgan fingerprint density at radius 2 is 1.70 bits per heavy atom. The fraction of sp³-hybridized carbons (Fsp3) is 0.278. The van der Waals surface area contributed by atoms with Gasteiger partial charge < -0.3 is 9.84 Å². The summed E-state index contributed by atoms with van der Waals surface area (Å²) in [5.41, 5.74) is 1.62. The van der Waals surface area contributed by atoms with Crippen LogP contribution in [0.5, 0.6) is 0 Å². The van der Waals surface area contributed by atoms with Crippen LogP contribution in [0.4, 0.5) is 0 Å². The number of rotatable bonds is 8. The van der Waals surface area contributed by atoms with Crippen molar-refractivity contribution in [2.45, 2.75) is 12.2 Å². The minimum Gasteiger partial charge on any atom is -0.380 e. The van der Waals surface area contributed by atoms with E-state index in [2.05, 4.69) is 0 Å². The highest BCUT2D eigenvalue weighted by molar-refractivity contribution is 6.18. The fourth-order valence-electron chi connectivity index (χ4n) is 2.34. The fourth-order valence-corrected chi connectivity index (χ4v) is 2.68. The van der Waals surface area contributed by atoms with Gasteiger partial charge in [-0.2, -0.15) is 0 Å². The average molecular weight is 353 g/mol. The Kier molecular flexibility index (Phi) is 7.06. The summed E-state index contributed by atoms with van der Waals surface area (Å²) in [4.78, 5) is 12.7. The van der Waals surface area contributed by atoms with Crippen molar-refractivity contribution in [1.29, 1.82) is 0 Å². The molecular weight excluding hydrogens is 335 g/mol. The minimum atomic E-state index is -1.22. The number of Topliss-reactive ketones (excluding diaryl/α,β-unsaturated/α-hetero) is 1. The van der Waals surface area contributed by atoms with Crippen LogP contribution >= 0.6 is 23.2 Å². The van der Waals surface area contributed by atoms with Gasteiger partial charge in [-0.15, -0.1) is 23.2 Å². The van der Waals surface area contributed by atoms with Gasteiger partial charge in [0, 0.05) is 11.4 Å². The molecule has 1 N–H and O–H groups in total. The quantitative estimate of drug-likeness (QED) is 0.573. The Hall–Kier alpha value is -1.39. The van der Waals surface area contributed by atoms with Crippen molar-refractivity contribution in [3.8, 4) is 0 Å². The second-order valence-electron chi connectivity index (χ2n) is 4.97. The molecule has 3 nitrogen and oxygen atoms in total. The Bertz CT molecular complexity index is 631. The molecule has 2 rings (SSSR count). The van der Waals surface area contributed by atoms with Crippen LogP contribution in [0.25, 0.3) is 0 Å². The second-order valence-corrected chi connectivity index (χ2v) is 5.65. The number of ether oxygens (including phenoxy) is 1. The van der Waals surface area contributed by atoms with Gasteiger partial charge in [0.25, 0.3) is 0 Å². The second kappa shape index (κ2) is 9.04. The summed E-state index contributed by atoms with van der Waals surface area (Å²) in [7, 11) is 0. The highest BCUT2D eigenvalue weighted by Gasteiger charge is 2.24. The third-order valence-corrected chi connectivity index (χ3v) is 3.91. The van der Waals surface area contributed by atoms with Crippen LogP contribution in [0.3, 0.4) is 0 Å². The summed E-state index contributed by atoms with van der Waals surface area (Å²) >= 11 is 11.6. The average Bonchev–Trinajstić information content (AvgIpc) is 2.62. The number of carbonyl (C=O) groups is 1. The van der Waals surface area contributed by atoms with Crippen molar-refractivity contribution in [1.82, 2.24) is 0 Å². The first-order valence-corrected chi connectivity index (χ1v) is 8.35. The van der Waals surface area contributed by atoms with Crippen molar-refractivity contribution in [2.75, 3.05) is 18.4 Å². The van der Waals surface area contributed by atoms with E-state index in [1.165, 1.54) is 0 Å². The summed E-state index contributed by atoms with van der Waals surface area (Å²) in [5, 5.41) is 10.4. The molecule has 0 saturated carbocycles. The predicted octanol–water partition coefficient (Wildman–Crippen LogP) is 4.14. The molecule has 0 aliphatic rings. The number of hydrogen-bond acceptors (Lipinski definition) is 3. The Balaban J connectivity index is 2.30. The maximum atomic E-state index is 12.7. The molecule has 0 radical (unpaired) electrons. The lowest BCUT2D eigenvalue weighted by atomic mass is 9.94. The molecule has 0 bridgehead atoms. The summed E-state index contributed by atoms with van der Waals surface area (Å²) in [5.74, 6) is 0.162. The van der Waals surface area contributed by atoms with E-state index >= 15 is 0 Å². The zero-order chi connectivity index (χ0) is 16.7. The third kappa shape index (κ3) is 4.55. The number of benzene rings is 2. The molecule has 0 amide bonds. The topological polar surface area (TPSA) is 46.5 Å². The van der Waals surface area contributed by atoms with Gasteiger partial charge in [0.15, 0.2) is 5.78 Å². The van der Waals surface area contributed by atoms with E-state index in [0.29, 0.717) is 29.2 Å². The Morgan fingerprint density at radius 1 is 1.04 bits per heavy atom. The molecule has 23 heavy (non-hydrogen) atoms. The number of hydrogen-bond donors (Lipinski definition) is 1. The molecule has 0 fully saturated rings. The summed E-state index contributed by atoms with van der Waals surface area (Å²) < 4.78 is 5.61. The molecule has 0 heterocycles. The first-order chi connectivity index (χ1) is 11.2. The molecule has 2 atom stereocenters. The highest BCUT2D eigenvalue weighted by Crippen LogP contribution is 2.27. The monoisotopic (exact) mass is 352 g/mol. The first kappa shape index (κ1) is 18.0. The van der Waals surface area contributed by atoms with Crippen LogP contribution in [-0.2, 0) is 4.74 Å². The minimum absolute atomic E-state index is 0.197. The lowest BCUT2D eigenvalue weighted by molar-refractivity contribution is 0.0698. The van der Waals surface area contributed by atoms with E-state index in [0.717, 1.165) is 0 Å². The molecule has 0 spiro atoms. The van der Waals surface area contributed by atoms with Crippen LogP contribution in [0.15, 0.2) is 54.6 Å². The van der Waals surface area contributed by atoms with E-state index < -0.39 is 12.2 Å². The van der Waals surface area contributed by atoms with Crippen LogP contribution in [-0.4, -0.2) is 29.3 Å². The number of alkyl halides is 2. The largest absolute Gasteiger partial charge is 0.380 e. The van der Waals surface area contributed by atoms with Gasteiger partial charge in [0.2, 0.25) is 0 Å². The van der Waals surface area contributed by atoms with Crippen LogP contribution in [0, 0.1) is 0 Å². The summed E-state index contributed by atoms with van der Waals surface area (Å²) in [6.45, 7) is 0.336. The van der Waals surface area contributed by atoms with Gasteiger partial charge in [-0.25, -0.2) is 0 Å². The Morgan fingerprint density at radius 3 is 2.35 bits per heavy atom. The normalized spacial score (nSPS) is 13.5. The summed E-state index contributed by atoms with van der Waals surface area (Å²) in [6.07, 6.45) is -1.67. The predicted molar refractivity (Wildman–Crippen MR) is 92.3 cm³/mol. The van der Waals surface area contributed by atoms with Crippen molar-refractivity contribution >= 4 is 29.0 Å². The molecule has 0 saturated heterocycles. The molecule has 2 aromatic carbocycles. The van der Waals surface area contributed by atoms with Gasteiger partial charge in [-0.3, -0.25) is 4.79 Å². The standard InChI is InChI=1S/C18H18Cl2O3/c19-10-11-23-16(12-20)14-8-4-5-9-15(14)18(22)17(21)13-6-2-1-3-7-13/h1-9,16-17,21H,10-12H2. The molecule has 0 aromatic heterocycles. The highest BCUT2D eigenvalue weighted by atomic mass is 35.5. The van der Waals surface area contributed by atoms with Crippen LogP contribution in [0.2, 0.25) is 0 Å². The summed E-state index contributed by atoms with van der Waals surface area (Å²) in [6, 6.07) is 15.8. The van der Waals surface area contributed by atoms with Gasteiger partial charge in [0.05, 0.1) is 18.6 Å². The van der Waals surface area contributed by atoms with E-state index in [4.69, 9.17) is 27.9 Å². The van der Waals surface area contributed by atoms with Gasteiger partial charge in [-0.1, -0.05) is 54.6 Å². The van der Waals surface area contributed by atoms with Crippen LogP contribution < -0.4 is 0 Å². The number of aliphatic hydroxyl groups excluding tert-OH is 1. The van der Waals surface area contributed by atoms with Crippen molar-refractivity contribution < 1.29 is 14.6 Å². The van der Waals surface area contributed by atoms with E-state index in [-0.39, 0.29) is 11.7 Å². The maximum Gasteiger partial charge on any atom is 0.196 e. The van der Waals surface area contributed by atoms with Gasteiger partial charge >= 0.3 is 0 Å². The molecular formula is C18H18Cl2O3.